The van der Waals surface area contributed by atoms with Crippen molar-refractivity contribution in [1.82, 2.24) is 0 Å². The van der Waals surface area contributed by atoms with Crippen molar-refractivity contribution in [1.29, 1.82) is 0 Å². The summed E-state index contributed by atoms with van der Waals surface area (Å²) in [7, 11) is 0. The highest BCUT2D eigenvalue weighted by Gasteiger charge is 2.45. The largest absolute Gasteiger partial charge is 0.252 e. The predicted octanol–water partition coefficient (Wildman–Crippen LogP) is 4.35. The van der Waals surface area contributed by atoms with E-state index >= 15 is 0 Å². The molecule has 1 aliphatic carbocycles. The van der Waals surface area contributed by atoms with E-state index in [1.165, 1.54) is 12.8 Å². The Morgan fingerprint density at radius 2 is 1.50 bits per heavy atom. The smallest absolute Gasteiger partial charge is 0.0963 e. The first kappa shape index (κ1) is 14.0. The first-order valence-electron chi connectivity index (χ1n) is 6.48. The minimum absolute atomic E-state index is 0.0120. The van der Waals surface area contributed by atoms with Crippen LogP contribution in [-0.4, -0.2) is 11.4 Å². The van der Waals surface area contributed by atoms with Crippen LogP contribution in [0.3, 0.4) is 0 Å². The van der Waals surface area contributed by atoms with Crippen LogP contribution in [0.1, 0.15) is 60.8 Å². The maximum Gasteiger partial charge on any atom is 0.0963 e. The normalized spacial score (nSPS) is 32.8. The summed E-state index contributed by atoms with van der Waals surface area (Å²) in [4.78, 5) is 4.76. The summed E-state index contributed by atoms with van der Waals surface area (Å²) in [5.41, 5.74) is 0.473. The van der Waals surface area contributed by atoms with Gasteiger partial charge in [-0.3, -0.25) is 5.26 Å². The second-order valence-electron chi connectivity index (χ2n) is 7.44. The molecule has 1 saturated carbocycles. The van der Waals surface area contributed by atoms with E-state index in [1.54, 1.807) is 0 Å². The summed E-state index contributed by atoms with van der Waals surface area (Å²) in [5.74, 6) is 1.06. The van der Waals surface area contributed by atoms with Gasteiger partial charge in [0, 0.05) is 0 Å². The molecule has 3 atom stereocenters. The molecule has 0 radical (unpaired) electrons. The molecular weight excluding hydrogens is 200 g/mol. The first-order valence-corrected chi connectivity index (χ1v) is 6.48. The summed E-state index contributed by atoms with van der Waals surface area (Å²) >= 11 is 0. The van der Waals surface area contributed by atoms with Gasteiger partial charge >= 0.3 is 0 Å². The van der Waals surface area contributed by atoms with Crippen LogP contribution in [0.4, 0.5) is 0 Å². The summed E-state index contributed by atoms with van der Waals surface area (Å²) in [5, 5.41) is 9.11. The Morgan fingerprint density at radius 1 is 0.938 bits per heavy atom. The summed E-state index contributed by atoms with van der Waals surface area (Å²) in [6, 6.07) is 0. The molecule has 0 aromatic rings. The third-order valence-electron chi connectivity index (χ3n) is 4.09. The quantitative estimate of drug-likeness (QED) is 0.534. The van der Waals surface area contributed by atoms with Crippen LogP contribution in [0.2, 0.25) is 0 Å². The standard InChI is InChI=1S/C14H28O2/c1-13(2,3)10-8-7-9-11(16-15)12(10)14(4,5)6/h10-12,15H,7-9H2,1-6H3. The van der Waals surface area contributed by atoms with Crippen LogP contribution in [-0.2, 0) is 4.89 Å². The lowest BCUT2D eigenvalue weighted by Crippen LogP contribution is -2.46. The van der Waals surface area contributed by atoms with E-state index in [1.807, 2.05) is 0 Å². The van der Waals surface area contributed by atoms with Gasteiger partial charge in [0.1, 0.15) is 0 Å². The van der Waals surface area contributed by atoms with E-state index in [9.17, 15) is 0 Å². The Balaban J connectivity index is 2.97. The van der Waals surface area contributed by atoms with Crippen molar-refractivity contribution in [3.05, 3.63) is 0 Å². The molecule has 1 aliphatic rings. The highest BCUT2D eigenvalue weighted by Crippen LogP contribution is 2.49. The van der Waals surface area contributed by atoms with Gasteiger partial charge in [-0.05, 0) is 35.5 Å². The highest BCUT2D eigenvalue weighted by molar-refractivity contribution is 4.94. The van der Waals surface area contributed by atoms with Crippen LogP contribution in [0, 0.1) is 22.7 Å². The maximum atomic E-state index is 9.11. The van der Waals surface area contributed by atoms with Crippen molar-refractivity contribution in [2.24, 2.45) is 22.7 Å². The molecule has 0 spiro atoms. The Labute approximate surface area is 100 Å². The van der Waals surface area contributed by atoms with Crippen molar-refractivity contribution in [2.45, 2.75) is 66.9 Å². The number of hydrogen-bond acceptors (Lipinski definition) is 2. The second-order valence-corrected chi connectivity index (χ2v) is 7.44. The van der Waals surface area contributed by atoms with E-state index in [-0.39, 0.29) is 16.9 Å². The Hall–Kier alpha value is -0.0800. The molecule has 1 rings (SSSR count). The zero-order chi connectivity index (χ0) is 12.6. The second kappa shape index (κ2) is 4.66. The van der Waals surface area contributed by atoms with E-state index in [0.717, 1.165) is 6.42 Å². The lowest BCUT2D eigenvalue weighted by Gasteiger charge is -2.49. The molecule has 2 heteroatoms. The van der Waals surface area contributed by atoms with Crippen molar-refractivity contribution in [2.75, 3.05) is 0 Å². The van der Waals surface area contributed by atoms with Gasteiger partial charge in [0.25, 0.3) is 0 Å². The van der Waals surface area contributed by atoms with Gasteiger partial charge in [-0.2, -0.15) is 0 Å². The van der Waals surface area contributed by atoms with Gasteiger partial charge in [-0.15, -0.1) is 0 Å². The van der Waals surface area contributed by atoms with Gasteiger partial charge in [-0.1, -0.05) is 48.0 Å². The van der Waals surface area contributed by atoms with Crippen molar-refractivity contribution in [3.63, 3.8) is 0 Å². The van der Waals surface area contributed by atoms with Gasteiger partial charge in [0.15, 0.2) is 0 Å². The van der Waals surface area contributed by atoms with E-state index in [0.29, 0.717) is 11.8 Å². The molecule has 16 heavy (non-hydrogen) atoms. The van der Waals surface area contributed by atoms with Crippen LogP contribution in [0.15, 0.2) is 0 Å². The van der Waals surface area contributed by atoms with Crippen LogP contribution >= 0.6 is 0 Å². The molecular formula is C14H28O2. The molecule has 1 N–H and O–H groups in total. The molecule has 0 aromatic heterocycles. The Bertz CT molecular complexity index is 222. The molecule has 0 amide bonds. The molecule has 0 bridgehead atoms. The van der Waals surface area contributed by atoms with Gasteiger partial charge in [-0.25, -0.2) is 4.89 Å². The molecule has 0 saturated heterocycles. The SMILES string of the molecule is CC(C)(C)C1CCCC(OO)C1C(C)(C)C. The molecule has 96 valence electrons. The van der Waals surface area contributed by atoms with Gasteiger partial charge in [0.2, 0.25) is 0 Å². The molecule has 0 aromatic carbocycles. The first-order chi connectivity index (χ1) is 7.18. The van der Waals surface area contributed by atoms with E-state index in [4.69, 9.17) is 10.1 Å². The fourth-order valence-electron chi connectivity index (χ4n) is 3.41. The minimum Gasteiger partial charge on any atom is -0.252 e. The molecule has 3 unspecified atom stereocenters. The maximum absolute atomic E-state index is 9.11. The third-order valence-corrected chi connectivity index (χ3v) is 4.09. The fourth-order valence-corrected chi connectivity index (χ4v) is 3.41. The monoisotopic (exact) mass is 228 g/mol. The van der Waals surface area contributed by atoms with Crippen LogP contribution in [0.5, 0.6) is 0 Å². The molecule has 0 aliphatic heterocycles. The molecule has 0 heterocycles. The Kier molecular flexibility index (Phi) is 4.07. The van der Waals surface area contributed by atoms with E-state index in [2.05, 4.69) is 41.5 Å². The van der Waals surface area contributed by atoms with Crippen molar-refractivity contribution in [3.8, 4) is 0 Å². The van der Waals surface area contributed by atoms with Gasteiger partial charge < -0.3 is 0 Å². The number of hydrogen-bond donors (Lipinski definition) is 1. The topological polar surface area (TPSA) is 29.5 Å². The molecule has 2 nitrogen and oxygen atoms in total. The summed E-state index contributed by atoms with van der Waals surface area (Å²) < 4.78 is 0. The Morgan fingerprint density at radius 3 is 1.88 bits per heavy atom. The van der Waals surface area contributed by atoms with E-state index < -0.39 is 0 Å². The average Bonchev–Trinajstić information content (AvgIpc) is 2.13. The zero-order valence-electron chi connectivity index (χ0n) is 11.7. The predicted molar refractivity (Wildman–Crippen MR) is 67.2 cm³/mol. The van der Waals surface area contributed by atoms with Crippen molar-refractivity contribution >= 4 is 0 Å². The molecule has 1 fully saturated rings. The summed E-state index contributed by atoms with van der Waals surface area (Å²) in [6.07, 6.45) is 3.42. The van der Waals surface area contributed by atoms with Crippen molar-refractivity contribution < 1.29 is 10.1 Å². The van der Waals surface area contributed by atoms with Crippen LogP contribution in [0.25, 0.3) is 0 Å². The van der Waals surface area contributed by atoms with Crippen LogP contribution < -0.4 is 0 Å². The average molecular weight is 228 g/mol. The van der Waals surface area contributed by atoms with Gasteiger partial charge in [0.05, 0.1) is 6.10 Å². The third kappa shape index (κ3) is 2.98. The highest BCUT2D eigenvalue weighted by atomic mass is 17.1. The lowest BCUT2D eigenvalue weighted by molar-refractivity contribution is -0.310. The summed E-state index contributed by atoms with van der Waals surface area (Å²) in [6.45, 7) is 13.7. The number of rotatable bonds is 1. The zero-order valence-corrected chi connectivity index (χ0v) is 11.7. The fraction of sp³-hybridized carbons (Fsp3) is 1.00. The lowest BCUT2D eigenvalue weighted by atomic mass is 9.58. The minimum atomic E-state index is 0.0120.